The summed E-state index contributed by atoms with van der Waals surface area (Å²) in [5, 5.41) is 1.34. The van der Waals surface area contributed by atoms with E-state index in [2.05, 4.69) is 0 Å². The van der Waals surface area contributed by atoms with E-state index in [1.807, 2.05) is 0 Å². The smallest absolute Gasteiger partial charge is 0.338 e. The fourth-order valence-electron chi connectivity index (χ4n) is 3.06. The van der Waals surface area contributed by atoms with Crippen molar-refractivity contribution in [2.45, 2.75) is 6.61 Å². The van der Waals surface area contributed by atoms with E-state index in [0.29, 0.717) is 26.3 Å². The van der Waals surface area contributed by atoms with E-state index in [0.717, 1.165) is 4.90 Å². The van der Waals surface area contributed by atoms with Gasteiger partial charge in [0.2, 0.25) is 0 Å². The first-order chi connectivity index (χ1) is 14.3. The molecule has 0 unspecified atom stereocenters. The second kappa shape index (κ2) is 8.11. The van der Waals surface area contributed by atoms with Crippen LogP contribution in [0, 0.1) is 0 Å². The molecule has 0 aromatic heterocycles. The maximum absolute atomic E-state index is 12.8. The predicted molar refractivity (Wildman–Crippen MR) is 115 cm³/mol. The molecule has 0 saturated heterocycles. The molecule has 0 saturated carbocycles. The number of hydrogen-bond acceptors (Lipinski definition) is 4. The summed E-state index contributed by atoms with van der Waals surface area (Å²) in [6.07, 6.45) is 0. The number of carbonyl (C=O) groups excluding carboxylic acids is 3. The fraction of sp³-hybridized carbons (Fsp3) is 0.0455. The Bertz CT molecular complexity index is 1190. The maximum atomic E-state index is 12.8. The van der Waals surface area contributed by atoms with Gasteiger partial charge in [0, 0.05) is 20.6 Å². The van der Waals surface area contributed by atoms with Gasteiger partial charge in [0.05, 0.1) is 22.4 Å². The van der Waals surface area contributed by atoms with Gasteiger partial charge in [-0.05, 0) is 54.6 Å². The topological polar surface area (TPSA) is 63.7 Å². The van der Waals surface area contributed by atoms with E-state index < -0.39 is 17.8 Å². The zero-order chi connectivity index (χ0) is 21.4. The molecule has 1 aliphatic heterocycles. The Kier molecular flexibility index (Phi) is 5.52. The van der Waals surface area contributed by atoms with Gasteiger partial charge < -0.3 is 4.74 Å². The van der Waals surface area contributed by atoms with Crippen LogP contribution in [-0.2, 0) is 11.3 Å². The first-order valence-corrected chi connectivity index (χ1v) is 9.88. The van der Waals surface area contributed by atoms with Crippen molar-refractivity contribution in [1.29, 1.82) is 0 Å². The quantitative estimate of drug-likeness (QED) is 0.364. The SMILES string of the molecule is O=C(OCc1ccc(Cl)cc1Cl)c1ccc2c(c1)C(=O)N(c1ccc(Cl)cc1)C2=O. The molecule has 30 heavy (non-hydrogen) atoms. The summed E-state index contributed by atoms with van der Waals surface area (Å²) in [5.41, 5.74) is 1.49. The maximum Gasteiger partial charge on any atom is 0.338 e. The molecular formula is C22H12Cl3NO4. The lowest BCUT2D eigenvalue weighted by atomic mass is 10.1. The molecule has 3 aromatic rings. The number of halogens is 3. The van der Waals surface area contributed by atoms with Gasteiger partial charge in [0.15, 0.2) is 0 Å². The van der Waals surface area contributed by atoms with Crippen LogP contribution in [0.1, 0.15) is 36.6 Å². The zero-order valence-corrected chi connectivity index (χ0v) is 17.5. The van der Waals surface area contributed by atoms with Gasteiger partial charge in [-0.2, -0.15) is 0 Å². The lowest BCUT2D eigenvalue weighted by Crippen LogP contribution is -2.29. The molecule has 1 heterocycles. The predicted octanol–water partition coefficient (Wildman–Crippen LogP) is 5.80. The number of anilines is 1. The third-order valence-corrected chi connectivity index (χ3v) is 5.42. The zero-order valence-electron chi connectivity index (χ0n) is 15.2. The molecule has 3 aromatic carbocycles. The van der Waals surface area contributed by atoms with Crippen molar-refractivity contribution in [2.75, 3.05) is 4.90 Å². The van der Waals surface area contributed by atoms with Crippen LogP contribution in [-0.4, -0.2) is 17.8 Å². The molecule has 0 aliphatic carbocycles. The van der Waals surface area contributed by atoms with Crippen molar-refractivity contribution in [3.63, 3.8) is 0 Å². The largest absolute Gasteiger partial charge is 0.457 e. The monoisotopic (exact) mass is 459 g/mol. The van der Waals surface area contributed by atoms with E-state index in [1.165, 1.54) is 18.2 Å². The third-order valence-electron chi connectivity index (χ3n) is 4.58. The summed E-state index contributed by atoms with van der Waals surface area (Å²) >= 11 is 17.8. The summed E-state index contributed by atoms with van der Waals surface area (Å²) in [4.78, 5) is 39.0. The highest BCUT2D eigenvalue weighted by atomic mass is 35.5. The van der Waals surface area contributed by atoms with Crippen LogP contribution >= 0.6 is 34.8 Å². The van der Waals surface area contributed by atoms with Crippen molar-refractivity contribution in [3.8, 4) is 0 Å². The molecule has 2 amide bonds. The Hall–Kier alpha value is -2.86. The first-order valence-electron chi connectivity index (χ1n) is 8.74. The Labute approximate surface area is 186 Å². The molecule has 0 bridgehead atoms. The Morgan fingerprint density at radius 2 is 1.47 bits per heavy atom. The van der Waals surface area contributed by atoms with Crippen molar-refractivity contribution < 1.29 is 19.1 Å². The van der Waals surface area contributed by atoms with Crippen LogP contribution in [0.25, 0.3) is 0 Å². The molecular weight excluding hydrogens is 449 g/mol. The molecule has 1 aliphatic rings. The van der Waals surface area contributed by atoms with Gasteiger partial charge in [0.1, 0.15) is 6.61 Å². The van der Waals surface area contributed by atoms with Gasteiger partial charge in [-0.3, -0.25) is 9.59 Å². The average molecular weight is 461 g/mol. The van der Waals surface area contributed by atoms with Crippen LogP contribution in [0.15, 0.2) is 60.7 Å². The summed E-state index contributed by atoms with van der Waals surface area (Å²) in [6, 6.07) is 15.4. The Balaban J connectivity index is 1.55. The number of nitrogens with zero attached hydrogens (tertiary/aromatic N) is 1. The normalized spacial score (nSPS) is 12.8. The number of imide groups is 1. The van der Waals surface area contributed by atoms with Crippen LogP contribution in [0.4, 0.5) is 5.69 Å². The van der Waals surface area contributed by atoms with Crippen LogP contribution in [0.2, 0.25) is 15.1 Å². The van der Waals surface area contributed by atoms with Gasteiger partial charge in [-0.25, -0.2) is 9.69 Å². The van der Waals surface area contributed by atoms with Crippen LogP contribution in [0.5, 0.6) is 0 Å². The molecule has 0 N–H and O–H groups in total. The van der Waals surface area contributed by atoms with Gasteiger partial charge in [-0.15, -0.1) is 0 Å². The van der Waals surface area contributed by atoms with E-state index in [-0.39, 0.29) is 23.3 Å². The number of ether oxygens (including phenoxy) is 1. The van der Waals surface area contributed by atoms with Crippen LogP contribution in [0.3, 0.4) is 0 Å². The Morgan fingerprint density at radius 3 is 2.17 bits per heavy atom. The first kappa shape index (κ1) is 20.4. The summed E-state index contributed by atoms with van der Waals surface area (Å²) in [6.45, 7) is -0.0598. The van der Waals surface area contributed by atoms with Crippen molar-refractivity contribution in [2.24, 2.45) is 0 Å². The van der Waals surface area contributed by atoms with E-state index in [1.54, 1.807) is 42.5 Å². The number of rotatable bonds is 4. The lowest BCUT2D eigenvalue weighted by molar-refractivity contribution is 0.0472. The number of fused-ring (bicyclic) bond motifs is 1. The third kappa shape index (κ3) is 3.79. The standard InChI is InChI=1S/C22H12Cl3NO4/c23-14-4-6-16(7-5-14)26-20(27)17-8-2-12(9-18(17)21(26)28)22(29)30-11-13-1-3-15(24)10-19(13)25/h1-10H,11H2. The van der Waals surface area contributed by atoms with E-state index in [4.69, 9.17) is 39.5 Å². The summed E-state index contributed by atoms with van der Waals surface area (Å²) in [5.74, 6) is -1.63. The van der Waals surface area contributed by atoms with E-state index >= 15 is 0 Å². The van der Waals surface area contributed by atoms with Gasteiger partial charge in [-0.1, -0.05) is 40.9 Å². The highest BCUT2D eigenvalue weighted by molar-refractivity contribution is 6.35. The Morgan fingerprint density at radius 1 is 0.800 bits per heavy atom. The van der Waals surface area contributed by atoms with Gasteiger partial charge in [0.25, 0.3) is 11.8 Å². The van der Waals surface area contributed by atoms with Gasteiger partial charge >= 0.3 is 5.97 Å². The minimum atomic E-state index is -0.644. The number of amides is 2. The molecule has 0 spiro atoms. The molecule has 8 heteroatoms. The van der Waals surface area contributed by atoms with Crippen molar-refractivity contribution in [1.82, 2.24) is 0 Å². The van der Waals surface area contributed by atoms with Crippen molar-refractivity contribution in [3.05, 3.63) is 98.0 Å². The fourth-order valence-corrected chi connectivity index (χ4v) is 3.65. The number of esters is 1. The van der Waals surface area contributed by atoms with Crippen LogP contribution < -0.4 is 4.90 Å². The molecule has 0 fully saturated rings. The second-order valence-corrected chi connectivity index (χ2v) is 7.77. The number of carbonyl (C=O) groups is 3. The second-order valence-electron chi connectivity index (χ2n) is 6.49. The highest BCUT2D eigenvalue weighted by Gasteiger charge is 2.37. The lowest BCUT2D eigenvalue weighted by Gasteiger charge is -2.13. The molecule has 4 rings (SSSR count). The molecule has 5 nitrogen and oxygen atoms in total. The molecule has 0 atom stereocenters. The minimum Gasteiger partial charge on any atom is -0.457 e. The molecule has 0 radical (unpaired) electrons. The number of hydrogen-bond donors (Lipinski definition) is 0. The summed E-state index contributed by atoms with van der Waals surface area (Å²) < 4.78 is 5.29. The highest BCUT2D eigenvalue weighted by Crippen LogP contribution is 2.30. The van der Waals surface area contributed by atoms with Crippen molar-refractivity contribution >= 4 is 58.3 Å². The minimum absolute atomic E-state index is 0.0598. The number of benzene rings is 3. The summed E-state index contributed by atoms with van der Waals surface area (Å²) in [7, 11) is 0. The van der Waals surface area contributed by atoms with E-state index in [9.17, 15) is 14.4 Å². The molecule has 150 valence electrons. The average Bonchev–Trinajstić information content (AvgIpc) is 2.98.